The molecule has 84 valence electrons. The quantitative estimate of drug-likeness (QED) is 0.461. The Morgan fingerprint density at radius 1 is 1.62 bits per heavy atom. The molecule has 3 N–H and O–H groups in total. The van der Waals surface area contributed by atoms with Gasteiger partial charge in [0.2, 0.25) is 0 Å². The highest BCUT2D eigenvalue weighted by atomic mass is 16.5. The van der Waals surface area contributed by atoms with E-state index in [0.29, 0.717) is 23.3 Å². The average Bonchev–Trinajstić information content (AvgIpc) is 2.70. The molecule has 1 heterocycles. The van der Waals surface area contributed by atoms with Crippen LogP contribution in [0.15, 0.2) is 22.6 Å². The van der Waals surface area contributed by atoms with Crippen molar-refractivity contribution >= 4 is 23.1 Å². The van der Waals surface area contributed by atoms with Crippen molar-refractivity contribution in [1.82, 2.24) is 4.98 Å². The van der Waals surface area contributed by atoms with Crippen molar-refractivity contribution in [2.45, 2.75) is 6.92 Å². The number of ether oxygens (including phenoxy) is 1. The number of hydrazine groups is 1. The first-order valence-corrected chi connectivity index (χ1v) is 4.79. The van der Waals surface area contributed by atoms with Gasteiger partial charge in [-0.15, -0.1) is 0 Å². The summed E-state index contributed by atoms with van der Waals surface area (Å²) in [4.78, 5) is 15.5. The molecule has 0 aliphatic carbocycles. The van der Waals surface area contributed by atoms with Gasteiger partial charge in [-0.25, -0.2) is 10.6 Å². The van der Waals surface area contributed by atoms with Crippen molar-refractivity contribution in [3.05, 3.63) is 23.8 Å². The third kappa shape index (κ3) is 1.82. The predicted octanol–water partition coefficient (Wildman–Crippen LogP) is 1.29. The maximum Gasteiger partial charge on any atom is 0.338 e. The smallest absolute Gasteiger partial charge is 0.338 e. The summed E-state index contributed by atoms with van der Waals surface area (Å²) in [5.41, 5.74) is 3.84. The molecule has 0 amide bonds. The standard InChI is InChI=1S/C10H11N3O3/c1-2-15-9(14)6-3-4-8-7(5-6)12-10(13-11)16-8/h3-5H,2,11H2,1H3,(H,12,13). The van der Waals surface area contributed by atoms with Gasteiger partial charge in [-0.2, -0.15) is 4.98 Å². The summed E-state index contributed by atoms with van der Waals surface area (Å²) in [5.74, 6) is 4.78. The fraction of sp³-hybridized carbons (Fsp3) is 0.200. The first kappa shape index (κ1) is 10.4. The largest absolute Gasteiger partial charge is 0.462 e. The van der Waals surface area contributed by atoms with Crippen LogP contribution in [0.3, 0.4) is 0 Å². The number of rotatable bonds is 3. The maximum absolute atomic E-state index is 11.4. The number of anilines is 1. The fourth-order valence-corrected chi connectivity index (χ4v) is 1.33. The first-order chi connectivity index (χ1) is 7.74. The van der Waals surface area contributed by atoms with E-state index in [1.807, 2.05) is 0 Å². The second kappa shape index (κ2) is 4.19. The van der Waals surface area contributed by atoms with Crippen molar-refractivity contribution in [2.24, 2.45) is 5.84 Å². The molecule has 2 rings (SSSR count). The Labute approximate surface area is 91.4 Å². The molecule has 1 aromatic carbocycles. The van der Waals surface area contributed by atoms with Crippen LogP contribution in [-0.4, -0.2) is 17.6 Å². The lowest BCUT2D eigenvalue weighted by Gasteiger charge is -1.99. The third-order valence-corrected chi connectivity index (χ3v) is 2.02. The van der Waals surface area contributed by atoms with Crippen molar-refractivity contribution in [2.75, 3.05) is 12.0 Å². The second-order valence-corrected chi connectivity index (χ2v) is 3.07. The predicted molar refractivity (Wildman–Crippen MR) is 57.8 cm³/mol. The van der Waals surface area contributed by atoms with Crippen LogP contribution in [-0.2, 0) is 4.74 Å². The molecule has 2 aromatic rings. The highest BCUT2D eigenvalue weighted by Gasteiger charge is 2.10. The van der Waals surface area contributed by atoms with Crippen LogP contribution in [0.4, 0.5) is 6.01 Å². The summed E-state index contributed by atoms with van der Waals surface area (Å²) in [6.45, 7) is 2.09. The number of nitrogens with two attached hydrogens (primary N) is 1. The molecule has 0 fully saturated rings. The van der Waals surface area contributed by atoms with Crippen molar-refractivity contribution in [3.8, 4) is 0 Å². The van der Waals surface area contributed by atoms with E-state index in [4.69, 9.17) is 15.0 Å². The highest BCUT2D eigenvalue weighted by molar-refractivity contribution is 5.93. The summed E-state index contributed by atoms with van der Waals surface area (Å²) in [6.07, 6.45) is 0. The summed E-state index contributed by atoms with van der Waals surface area (Å²) in [5, 5.41) is 0. The summed E-state index contributed by atoms with van der Waals surface area (Å²) in [7, 11) is 0. The normalized spacial score (nSPS) is 10.4. The first-order valence-electron chi connectivity index (χ1n) is 4.79. The number of nitrogens with one attached hydrogen (secondary N) is 1. The van der Waals surface area contributed by atoms with Crippen LogP contribution in [0.25, 0.3) is 11.1 Å². The van der Waals surface area contributed by atoms with Crippen LogP contribution in [0.5, 0.6) is 0 Å². The SMILES string of the molecule is CCOC(=O)c1ccc2oc(NN)nc2c1. The van der Waals surface area contributed by atoms with E-state index in [0.717, 1.165) is 0 Å². The Bertz CT molecular complexity index is 521. The van der Waals surface area contributed by atoms with Crippen molar-refractivity contribution < 1.29 is 13.9 Å². The van der Waals surface area contributed by atoms with Gasteiger partial charge >= 0.3 is 12.0 Å². The van der Waals surface area contributed by atoms with Gasteiger partial charge in [0.05, 0.1) is 12.2 Å². The number of esters is 1. The zero-order valence-corrected chi connectivity index (χ0v) is 8.69. The van der Waals surface area contributed by atoms with Gasteiger partial charge < -0.3 is 9.15 Å². The zero-order valence-electron chi connectivity index (χ0n) is 8.69. The Hall–Kier alpha value is -2.08. The lowest BCUT2D eigenvalue weighted by molar-refractivity contribution is 0.0526. The van der Waals surface area contributed by atoms with Gasteiger partial charge in [-0.1, -0.05) is 0 Å². The number of nitrogen functional groups attached to an aromatic ring is 1. The summed E-state index contributed by atoms with van der Waals surface area (Å²) in [6, 6.07) is 5.06. The van der Waals surface area contributed by atoms with Crippen molar-refractivity contribution in [1.29, 1.82) is 0 Å². The van der Waals surface area contributed by atoms with Crippen LogP contribution >= 0.6 is 0 Å². The van der Waals surface area contributed by atoms with Crippen LogP contribution in [0.2, 0.25) is 0 Å². The molecule has 1 aromatic heterocycles. The average molecular weight is 221 g/mol. The third-order valence-electron chi connectivity index (χ3n) is 2.02. The van der Waals surface area contributed by atoms with Gasteiger partial charge in [0.1, 0.15) is 5.52 Å². The number of hydrogen-bond donors (Lipinski definition) is 2. The van der Waals surface area contributed by atoms with E-state index in [1.54, 1.807) is 25.1 Å². The van der Waals surface area contributed by atoms with E-state index >= 15 is 0 Å². The highest BCUT2D eigenvalue weighted by Crippen LogP contribution is 2.19. The Balaban J connectivity index is 2.39. The van der Waals surface area contributed by atoms with Gasteiger partial charge in [0, 0.05) is 0 Å². The molecular weight excluding hydrogens is 210 g/mol. The maximum atomic E-state index is 11.4. The van der Waals surface area contributed by atoms with Crippen molar-refractivity contribution in [3.63, 3.8) is 0 Å². The van der Waals surface area contributed by atoms with Gasteiger partial charge in [0.15, 0.2) is 5.58 Å². The number of hydrogen-bond acceptors (Lipinski definition) is 6. The number of benzene rings is 1. The fourth-order valence-electron chi connectivity index (χ4n) is 1.33. The molecule has 6 nitrogen and oxygen atoms in total. The number of fused-ring (bicyclic) bond motifs is 1. The zero-order chi connectivity index (χ0) is 11.5. The number of carbonyl (C=O) groups excluding carboxylic acids is 1. The van der Waals surface area contributed by atoms with E-state index in [9.17, 15) is 4.79 Å². The molecule has 0 bridgehead atoms. The monoisotopic (exact) mass is 221 g/mol. The number of oxazole rings is 1. The molecule has 0 saturated carbocycles. The summed E-state index contributed by atoms with van der Waals surface area (Å²) >= 11 is 0. The molecule has 0 saturated heterocycles. The Morgan fingerprint density at radius 3 is 3.12 bits per heavy atom. The molecular formula is C10H11N3O3. The Kier molecular flexibility index (Phi) is 2.74. The van der Waals surface area contributed by atoms with Crippen LogP contribution in [0, 0.1) is 0 Å². The minimum Gasteiger partial charge on any atom is -0.462 e. The van der Waals surface area contributed by atoms with Gasteiger partial charge in [0.25, 0.3) is 0 Å². The van der Waals surface area contributed by atoms with Gasteiger partial charge in [-0.05, 0) is 25.1 Å². The van der Waals surface area contributed by atoms with E-state index < -0.39 is 0 Å². The molecule has 0 atom stereocenters. The molecule has 16 heavy (non-hydrogen) atoms. The number of nitrogens with zero attached hydrogens (tertiary/aromatic N) is 1. The second-order valence-electron chi connectivity index (χ2n) is 3.07. The molecule has 0 radical (unpaired) electrons. The molecule has 6 heteroatoms. The molecule has 0 aliphatic rings. The lowest BCUT2D eigenvalue weighted by Crippen LogP contribution is -2.06. The topological polar surface area (TPSA) is 90.4 Å². The Morgan fingerprint density at radius 2 is 2.44 bits per heavy atom. The van der Waals surface area contributed by atoms with E-state index in [1.165, 1.54) is 0 Å². The molecule has 0 spiro atoms. The molecule has 0 aliphatic heterocycles. The summed E-state index contributed by atoms with van der Waals surface area (Å²) < 4.78 is 10.1. The van der Waals surface area contributed by atoms with Gasteiger partial charge in [-0.3, -0.25) is 5.43 Å². The van der Waals surface area contributed by atoms with E-state index in [2.05, 4.69) is 10.4 Å². The number of carbonyl (C=O) groups is 1. The van der Waals surface area contributed by atoms with Crippen LogP contribution in [0.1, 0.15) is 17.3 Å². The minimum atomic E-state index is -0.380. The lowest BCUT2D eigenvalue weighted by atomic mass is 10.2. The van der Waals surface area contributed by atoms with Crippen LogP contribution < -0.4 is 11.3 Å². The molecule has 0 unspecified atom stereocenters. The van der Waals surface area contributed by atoms with E-state index in [-0.39, 0.29) is 12.0 Å². The minimum absolute atomic E-state index is 0.205. The number of aromatic nitrogens is 1.